The first-order chi connectivity index (χ1) is 10.7. The molecular weight excluding hydrogens is 276 g/mol. The van der Waals surface area contributed by atoms with Gasteiger partial charge in [-0.3, -0.25) is 0 Å². The number of fused-ring (bicyclic) bond motifs is 1. The van der Waals surface area contributed by atoms with Gasteiger partial charge in [0.15, 0.2) is 0 Å². The van der Waals surface area contributed by atoms with Crippen LogP contribution >= 0.6 is 0 Å². The zero-order valence-electron chi connectivity index (χ0n) is 13.7. The predicted molar refractivity (Wildman–Crippen MR) is 86.3 cm³/mol. The summed E-state index contributed by atoms with van der Waals surface area (Å²) in [6.07, 6.45) is 3.25. The van der Waals surface area contributed by atoms with E-state index in [0.717, 1.165) is 32.5 Å². The summed E-state index contributed by atoms with van der Waals surface area (Å²) in [4.78, 5) is 3.12. The summed E-state index contributed by atoms with van der Waals surface area (Å²) >= 11 is 0. The standard InChI is InChI=1S/C18H28N2O2/c1-19-9-11-20(12-10-19)13-16(21)14-22-18-8-4-6-15-5-2-3-7-17(15)18/h2-3,5,7,16,18,21H,4,6,8-14H2,1H3/p+2/t16-,18-/m1/s1. The highest BCUT2D eigenvalue weighted by Gasteiger charge is 2.25. The second-order valence-corrected chi connectivity index (χ2v) is 6.98. The van der Waals surface area contributed by atoms with E-state index in [-0.39, 0.29) is 12.2 Å². The van der Waals surface area contributed by atoms with Crippen LogP contribution in [0.3, 0.4) is 0 Å². The van der Waals surface area contributed by atoms with Crippen LogP contribution in [0.5, 0.6) is 0 Å². The maximum absolute atomic E-state index is 10.3. The molecule has 0 spiro atoms. The second-order valence-electron chi connectivity index (χ2n) is 6.98. The number of benzene rings is 1. The van der Waals surface area contributed by atoms with Gasteiger partial charge in [-0.25, -0.2) is 0 Å². The first kappa shape index (κ1) is 15.9. The Bertz CT molecular complexity index is 472. The first-order valence-electron chi connectivity index (χ1n) is 8.74. The van der Waals surface area contributed by atoms with Gasteiger partial charge in [-0.1, -0.05) is 24.3 Å². The zero-order chi connectivity index (χ0) is 15.4. The number of piperazine rings is 1. The average Bonchev–Trinajstić information content (AvgIpc) is 2.55. The lowest BCUT2D eigenvalue weighted by Gasteiger charge is -2.30. The van der Waals surface area contributed by atoms with Gasteiger partial charge in [0.25, 0.3) is 0 Å². The third kappa shape index (κ3) is 4.07. The Morgan fingerprint density at radius 3 is 2.82 bits per heavy atom. The monoisotopic (exact) mass is 306 g/mol. The minimum absolute atomic E-state index is 0.173. The van der Waals surface area contributed by atoms with E-state index >= 15 is 0 Å². The molecule has 0 unspecified atom stereocenters. The zero-order valence-corrected chi connectivity index (χ0v) is 13.7. The highest BCUT2D eigenvalue weighted by molar-refractivity contribution is 5.31. The molecule has 1 saturated heterocycles. The van der Waals surface area contributed by atoms with Crippen molar-refractivity contribution >= 4 is 0 Å². The first-order valence-corrected chi connectivity index (χ1v) is 8.74. The van der Waals surface area contributed by atoms with Crippen LogP contribution < -0.4 is 9.80 Å². The second kappa shape index (κ2) is 7.55. The number of aliphatic hydroxyl groups excluding tert-OH is 1. The van der Waals surface area contributed by atoms with Gasteiger partial charge in [-0.15, -0.1) is 0 Å². The van der Waals surface area contributed by atoms with Crippen molar-refractivity contribution in [3.05, 3.63) is 35.4 Å². The van der Waals surface area contributed by atoms with E-state index in [1.165, 1.54) is 35.5 Å². The molecule has 0 aromatic heterocycles. The quantitative estimate of drug-likeness (QED) is 0.643. The molecule has 122 valence electrons. The lowest BCUT2D eigenvalue weighted by molar-refractivity contribution is -1.00. The average molecular weight is 306 g/mol. The van der Waals surface area contributed by atoms with Crippen LogP contribution in [0.15, 0.2) is 24.3 Å². The smallest absolute Gasteiger partial charge is 0.127 e. The summed E-state index contributed by atoms with van der Waals surface area (Å²) in [5.41, 5.74) is 2.75. The van der Waals surface area contributed by atoms with Gasteiger partial charge in [-0.2, -0.15) is 0 Å². The fourth-order valence-electron chi connectivity index (χ4n) is 3.74. The molecule has 1 fully saturated rings. The van der Waals surface area contributed by atoms with Crippen LogP contribution in [0.2, 0.25) is 0 Å². The Morgan fingerprint density at radius 1 is 1.23 bits per heavy atom. The Hall–Kier alpha value is -0.940. The van der Waals surface area contributed by atoms with Crippen molar-refractivity contribution in [2.45, 2.75) is 31.5 Å². The van der Waals surface area contributed by atoms with Crippen molar-refractivity contribution in [3.8, 4) is 0 Å². The highest BCUT2D eigenvalue weighted by Crippen LogP contribution is 2.32. The van der Waals surface area contributed by atoms with Gasteiger partial charge in [0.1, 0.15) is 38.8 Å². The number of rotatable bonds is 5. The Labute approximate surface area is 133 Å². The number of ether oxygens (including phenoxy) is 1. The van der Waals surface area contributed by atoms with E-state index < -0.39 is 0 Å². The maximum atomic E-state index is 10.3. The number of aryl methyl sites for hydroxylation is 1. The molecule has 1 aliphatic carbocycles. The molecule has 0 amide bonds. The van der Waals surface area contributed by atoms with E-state index in [2.05, 4.69) is 31.3 Å². The van der Waals surface area contributed by atoms with Crippen LogP contribution in [0.25, 0.3) is 0 Å². The van der Waals surface area contributed by atoms with Gasteiger partial charge in [0, 0.05) is 0 Å². The van der Waals surface area contributed by atoms with Gasteiger partial charge in [-0.05, 0) is 30.4 Å². The normalized spacial score (nSPS) is 29.8. The molecule has 1 aromatic rings. The summed E-state index contributed by atoms with van der Waals surface area (Å²) in [6.45, 7) is 6.02. The van der Waals surface area contributed by atoms with E-state index in [0.29, 0.717) is 6.61 Å². The molecule has 3 N–H and O–H groups in total. The third-order valence-electron chi connectivity index (χ3n) is 5.14. The highest BCUT2D eigenvalue weighted by atomic mass is 16.5. The molecule has 4 heteroatoms. The molecule has 0 saturated carbocycles. The predicted octanol–water partition coefficient (Wildman–Crippen LogP) is -1.15. The number of hydrogen-bond donors (Lipinski definition) is 3. The minimum Gasteiger partial charge on any atom is -0.385 e. The summed E-state index contributed by atoms with van der Waals surface area (Å²) in [7, 11) is 2.25. The Kier molecular flexibility index (Phi) is 5.47. The molecule has 22 heavy (non-hydrogen) atoms. The largest absolute Gasteiger partial charge is 0.385 e. The fourth-order valence-corrected chi connectivity index (χ4v) is 3.74. The van der Waals surface area contributed by atoms with E-state index in [4.69, 9.17) is 4.74 Å². The van der Waals surface area contributed by atoms with Crippen molar-refractivity contribution in [2.24, 2.45) is 0 Å². The molecule has 2 aliphatic rings. The van der Waals surface area contributed by atoms with Crippen molar-refractivity contribution in [2.75, 3.05) is 46.4 Å². The molecule has 1 aromatic carbocycles. The van der Waals surface area contributed by atoms with E-state index in [9.17, 15) is 5.11 Å². The lowest BCUT2D eigenvalue weighted by atomic mass is 9.89. The van der Waals surface area contributed by atoms with Crippen LogP contribution in [-0.4, -0.2) is 57.6 Å². The lowest BCUT2D eigenvalue weighted by Crippen LogP contribution is -3.27. The number of aliphatic hydroxyl groups is 1. The molecule has 2 atom stereocenters. The van der Waals surface area contributed by atoms with E-state index in [1.807, 2.05) is 0 Å². The maximum Gasteiger partial charge on any atom is 0.127 e. The molecule has 4 nitrogen and oxygen atoms in total. The van der Waals surface area contributed by atoms with Gasteiger partial charge in [0.05, 0.1) is 19.8 Å². The van der Waals surface area contributed by atoms with Crippen LogP contribution in [-0.2, 0) is 11.2 Å². The van der Waals surface area contributed by atoms with Crippen LogP contribution in [0, 0.1) is 0 Å². The number of likely N-dealkylation sites (N-methyl/N-ethyl adjacent to an activating group) is 1. The minimum atomic E-state index is -0.345. The van der Waals surface area contributed by atoms with Crippen molar-refractivity contribution in [3.63, 3.8) is 0 Å². The van der Waals surface area contributed by atoms with Crippen molar-refractivity contribution < 1.29 is 19.6 Å². The van der Waals surface area contributed by atoms with Crippen molar-refractivity contribution in [1.29, 1.82) is 0 Å². The molecule has 1 heterocycles. The number of nitrogens with one attached hydrogen (secondary N) is 2. The molecule has 0 radical (unpaired) electrons. The van der Waals surface area contributed by atoms with Crippen LogP contribution in [0.4, 0.5) is 0 Å². The molecule has 3 rings (SSSR count). The number of quaternary nitrogens is 2. The summed E-state index contributed by atoms with van der Waals surface area (Å²) < 4.78 is 6.07. The van der Waals surface area contributed by atoms with Gasteiger partial charge < -0.3 is 19.6 Å². The Balaban J connectivity index is 1.46. The number of hydrogen-bond acceptors (Lipinski definition) is 2. The topological polar surface area (TPSA) is 38.3 Å². The van der Waals surface area contributed by atoms with Gasteiger partial charge in [0.2, 0.25) is 0 Å². The summed E-state index contributed by atoms with van der Waals surface area (Å²) in [5.74, 6) is 0. The summed E-state index contributed by atoms with van der Waals surface area (Å²) in [6, 6.07) is 8.58. The third-order valence-corrected chi connectivity index (χ3v) is 5.14. The van der Waals surface area contributed by atoms with Crippen LogP contribution in [0.1, 0.15) is 30.1 Å². The van der Waals surface area contributed by atoms with Gasteiger partial charge >= 0.3 is 0 Å². The van der Waals surface area contributed by atoms with Crippen molar-refractivity contribution in [1.82, 2.24) is 0 Å². The fraction of sp³-hybridized carbons (Fsp3) is 0.667. The molecular formula is C18H30N2O2+2. The summed E-state index contributed by atoms with van der Waals surface area (Å²) in [5, 5.41) is 10.3. The Morgan fingerprint density at radius 2 is 2.00 bits per heavy atom. The SMILES string of the molecule is C[NH+]1CC[NH+](C[C@@H](O)CO[C@@H]2CCCc3ccccc32)CC1. The molecule has 1 aliphatic heterocycles. The molecule has 0 bridgehead atoms. The van der Waals surface area contributed by atoms with E-state index in [1.54, 1.807) is 4.90 Å².